The van der Waals surface area contributed by atoms with Gasteiger partial charge < -0.3 is 10.6 Å². The molecule has 1 aliphatic rings. The van der Waals surface area contributed by atoms with Crippen LogP contribution >= 0.6 is 0 Å². The van der Waals surface area contributed by atoms with Crippen molar-refractivity contribution in [1.29, 1.82) is 0 Å². The molecule has 1 rings (SSSR count). The van der Waals surface area contributed by atoms with Gasteiger partial charge in [0.05, 0.1) is 0 Å². The number of nitrogens with one attached hydrogen (secondary N) is 2. The van der Waals surface area contributed by atoms with E-state index in [9.17, 15) is 4.79 Å². The third kappa shape index (κ3) is 1.98. The minimum atomic E-state index is -0.450. The first-order valence-corrected chi connectivity index (χ1v) is 4.51. The first-order valence-electron chi connectivity index (χ1n) is 4.51. The second-order valence-corrected chi connectivity index (χ2v) is 3.25. The van der Waals surface area contributed by atoms with E-state index in [4.69, 9.17) is 0 Å². The second kappa shape index (κ2) is 4.23. The molecule has 13 heavy (non-hydrogen) atoms. The van der Waals surface area contributed by atoms with Crippen LogP contribution in [0.1, 0.15) is 12.8 Å². The number of hydrogen-bond donors (Lipinski definition) is 2. The SMILES string of the molecule is C=CNC1(C(=O)C=C)CCNCC1. The van der Waals surface area contributed by atoms with Crippen LogP contribution < -0.4 is 10.6 Å². The van der Waals surface area contributed by atoms with Gasteiger partial charge >= 0.3 is 0 Å². The van der Waals surface area contributed by atoms with Crippen molar-refractivity contribution in [2.75, 3.05) is 13.1 Å². The lowest BCUT2D eigenvalue weighted by Crippen LogP contribution is -2.55. The van der Waals surface area contributed by atoms with Gasteiger partial charge in [-0.15, -0.1) is 0 Å². The zero-order valence-corrected chi connectivity index (χ0v) is 7.81. The van der Waals surface area contributed by atoms with E-state index in [-0.39, 0.29) is 5.78 Å². The molecule has 0 amide bonds. The summed E-state index contributed by atoms with van der Waals surface area (Å²) in [5, 5.41) is 6.27. The summed E-state index contributed by atoms with van der Waals surface area (Å²) in [5.41, 5.74) is -0.450. The van der Waals surface area contributed by atoms with Crippen LogP contribution in [0.2, 0.25) is 0 Å². The van der Waals surface area contributed by atoms with Crippen molar-refractivity contribution in [3.63, 3.8) is 0 Å². The molecule has 0 atom stereocenters. The average molecular weight is 180 g/mol. The van der Waals surface area contributed by atoms with Crippen molar-refractivity contribution in [1.82, 2.24) is 10.6 Å². The van der Waals surface area contributed by atoms with Gasteiger partial charge in [-0.3, -0.25) is 4.79 Å². The maximum atomic E-state index is 11.6. The summed E-state index contributed by atoms with van der Waals surface area (Å²) in [5.74, 6) is 0.0638. The molecule has 0 bridgehead atoms. The van der Waals surface area contributed by atoms with E-state index in [0.717, 1.165) is 25.9 Å². The standard InChI is InChI=1S/C10H16N2O/c1-3-9(13)10(12-4-2)5-7-11-8-6-10/h3-4,11-12H,1-2,5-8H2. The van der Waals surface area contributed by atoms with Crippen LogP contribution in [0, 0.1) is 0 Å². The van der Waals surface area contributed by atoms with Gasteiger partial charge in [-0.2, -0.15) is 0 Å². The van der Waals surface area contributed by atoms with Gasteiger partial charge in [-0.25, -0.2) is 0 Å². The maximum absolute atomic E-state index is 11.6. The van der Waals surface area contributed by atoms with Crippen LogP contribution in [-0.2, 0) is 4.79 Å². The van der Waals surface area contributed by atoms with E-state index in [1.165, 1.54) is 6.08 Å². The molecule has 0 aliphatic carbocycles. The molecule has 3 nitrogen and oxygen atoms in total. The number of hydrogen-bond acceptors (Lipinski definition) is 3. The highest BCUT2D eigenvalue weighted by Crippen LogP contribution is 2.19. The Bertz CT molecular complexity index is 217. The highest BCUT2D eigenvalue weighted by atomic mass is 16.1. The topological polar surface area (TPSA) is 41.1 Å². The molecule has 0 aromatic heterocycles. The predicted octanol–water partition coefficient (Wildman–Crippen LogP) is 0.597. The Labute approximate surface area is 78.9 Å². The minimum absolute atomic E-state index is 0.0638. The van der Waals surface area contributed by atoms with Crippen LogP contribution in [0.25, 0.3) is 0 Å². The summed E-state index contributed by atoms with van der Waals surface area (Å²) in [6, 6.07) is 0. The first kappa shape index (κ1) is 9.99. The molecule has 0 aromatic carbocycles. The Kier molecular flexibility index (Phi) is 3.25. The second-order valence-electron chi connectivity index (χ2n) is 3.25. The third-order valence-corrected chi connectivity index (χ3v) is 2.49. The van der Waals surface area contributed by atoms with Crippen LogP contribution in [0.5, 0.6) is 0 Å². The van der Waals surface area contributed by atoms with E-state index < -0.39 is 5.54 Å². The predicted molar refractivity (Wildman–Crippen MR) is 53.4 cm³/mol. The molecular formula is C10H16N2O. The van der Waals surface area contributed by atoms with Crippen molar-refractivity contribution in [3.8, 4) is 0 Å². The van der Waals surface area contributed by atoms with E-state index in [1.54, 1.807) is 6.20 Å². The van der Waals surface area contributed by atoms with Gasteiger partial charge in [-0.05, 0) is 38.2 Å². The van der Waals surface area contributed by atoms with Gasteiger partial charge in [-0.1, -0.05) is 13.2 Å². The fourth-order valence-electron chi connectivity index (χ4n) is 1.71. The lowest BCUT2D eigenvalue weighted by Gasteiger charge is -2.35. The molecule has 0 unspecified atom stereocenters. The summed E-state index contributed by atoms with van der Waals surface area (Å²) in [6.45, 7) is 8.84. The summed E-state index contributed by atoms with van der Waals surface area (Å²) in [4.78, 5) is 11.6. The number of carbonyl (C=O) groups is 1. The Balaban J connectivity index is 2.77. The van der Waals surface area contributed by atoms with Gasteiger partial charge in [0.15, 0.2) is 5.78 Å². The van der Waals surface area contributed by atoms with Crippen LogP contribution in [0.3, 0.4) is 0 Å². The fraction of sp³-hybridized carbons (Fsp3) is 0.500. The van der Waals surface area contributed by atoms with E-state index in [2.05, 4.69) is 23.8 Å². The first-order chi connectivity index (χ1) is 6.25. The maximum Gasteiger partial charge on any atom is 0.180 e. The van der Waals surface area contributed by atoms with E-state index >= 15 is 0 Å². The van der Waals surface area contributed by atoms with Gasteiger partial charge in [0.25, 0.3) is 0 Å². The molecule has 1 saturated heterocycles. The fourth-order valence-corrected chi connectivity index (χ4v) is 1.71. The normalized spacial score (nSPS) is 20.3. The van der Waals surface area contributed by atoms with Crippen molar-refractivity contribution < 1.29 is 4.79 Å². The molecular weight excluding hydrogens is 164 g/mol. The van der Waals surface area contributed by atoms with Crippen molar-refractivity contribution in [3.05, 3.63) is 25.4 Å². The number of carbonyl (C=O) groups excluding carboxylic acids is 1. The van der Waals surface area contributed by atoms with Crippen molar-refractivity contribution in [2.24, 2.45) is 0 Å². The Morgan fingerprint density at radius 3 is 2.46 bits per heavy atom. The number of piperidine rings is 1. The summed E-state index contributed by atoms with van der Waals surface area (Å²) in [6.07, 6.45) is 4.57. The van der Waals surface area contributed by atoms with Crippen molar-refractivity contribution >= 4 is 5.78 Å². The summed E-state index contributed by atoms with van der Waals surface area (Å²) in [7, 11) is 0. The number of rotatable bonds is 4. The van der Waals surface area contributed by atoms with Gasteiger partial charge in [0.2, 0.25) is 0 Å². The van der Waals surface area contributed by atoms with Gasteiger partial charge in [0, 0.05) is 0 Å². The Hall–Kier alpha value is -1.09. The third-order valence-electron chi connectivity index (χ3n) is 2.49. The summed E-state index contributed by atoms with van der Waals surface area (Å²) >= 11 is 0. The monoisotopic (exact) mass is 180 g/mol. The van der Waals surface area contributed by atoms with E-state index in [1.807, 2.05) is 0 Å². The minimum Gasteiger partial charge on any atom is -0.379 e. The molecule has 3 heteroatoms. The molecule has 0 aromatic rings. The number of ketones is 1. The van der Waals surface area contributed by atoms with Crippen molar-refractivity contribution in [2.45, 2.75) is 18.4 Å². The average Bonchev–Trinajstić information content (AvgIpc) is 2.18. The quantitative estimate of drug-likeness (QED) is 0.622. The van der Waals surface area contributed by atoms with Crippen LogP contribution in [-0.4, -0.2) is 24.4 Å². The Morgan fingerprint density at radius 2 is 2.00 bits per heavy atom. The smallest absolute Gasteiger partial charge is 0.180 e. The largest absolute Gasteiger partial charge is 0.379 e. The Morgan fingerprint density at radius 1 is 1.38 bits per heavy atom. The molecule has 2 N–H and O–H groups in total. The molecule has 72 valence electrons. The lowest BCUT2D eigenvalue weighted by molar-refractivity contribution is -0.121. The highest BCUT2D eigenvalue weighted by molar-refractivity contribution is 5.97. The summed E-state index contributed by atoms with van der Waals surface area (Å²) < 4.78 is 0. The zero-order valence-electron chi connectivity index (χ0n) is 7.81. The van der Waals surface area contributed by atoms with Crippen LogP contribution in [0.15, 0.2) is 25.4 Å². The lowest BCUT2D eigenvalue weighted by atomic mass is 9.84. The molecule has 1 heterocycles. The molecule has 0 radical (unpaired) electrons. The molecule has 0 spiro atoms. The highest BCUT2D eigenvalue weighted by Gasteiger charge is 2.36. The van der Waals surface area contributed by atoms with Crippen LogP contribution in [0.4, 0.5) is 0 Å². The molecule has 1 fully saturated rings. The molecule has 0 saturated carbocycles. The zero-order chi connectivity index (χ0) is 9.73. The van der Waals surface area contributed by atoms with Gasteiger partial charge in [0.1, 0.15) is 5.54 Å². The van der Waals surface area contributed by atoms with E-state index in [0.29, 0.717) is 0 Å². The molecule has 1 aliphatic heterocycles.